The first-order chi connectivity index (χ1) is 12.7. The van der Waals surface area contributed by atoms with E-state index < -0.39 is 0 Å². The van der Waals surface area contributed by atoms with Gasteiger partial charge in [0.15, 0.2) is 0 Å². The molecule has 1 aliphatic rings. The van der Waals surface area contributed by atoms with Gasteiger partial charge in [-0.05, 0) is 48.4 Å². The third kappa shape index (κ3) is 3.35. The van der Waals surface area contributed by atoms with Gasteiger partial charge in [-0.25, -0.2) is 4.98 Å². The summed E-state index contributed by atoms with van der Waals surface area (Å²) in [5.41, 5.74) is 3.62. The lowest BCUT2D eigenvalue weighted by Crippen LogP contribution is -2.20. The van der Waals surface area contributed by atoms with Gasteiger partial charge >= 0.3 is 0 Å². The van der Waals surface area contributed by atoms with Crippen molar-refractivity contribution >= 4 is 5.69 Å². The molecule has 0 spiro atoms. The van der Waals surface area contributed by atoms with Gasteiger partial charge in [0.25, 0.3) is 0 Å². The molecule has 0 amide bonds. The lowest BCUT2D eigenvalue weighted by molar-refractivity contribution is 0.181. The highest BCUT2D eigenvalue weighted by Crippen LogP contribution is 2.33. The molecule has 2 atom stereocenters. The number of hydrogen-bond donors (Lipinski definition) is 0. The monoisotopic (exact) mass is 348 g/mol. The summed E-state index contributed by atoms with van der Waals surface area (Å²) in [7, 11) is 4.10. The second-order valence-electron chi connectivity index (χ2n) is 7.02. The Balaban J connectivity index is 1.59. The van der Waals surface area contributed by atoms with Gasteiger partial charge in [-0.1, -0.05) is 0 Å². The third-order valence-corrected chi connectivity index (χ3v) is 5.08. The fourth-order valence-electron chi connectivity index (χ4n) is 3.62. The number of rotatable bonds is 5. The Kier molecular flexibility index (Phi) is 4.71. The van der Waals surface area contributed by atoms with E-state index in [0.29, 0.717) is 12.0 Å². The minimum Gasteiger partial charge on any atom is -0.379 e. The molecule has 1 saturated heterocycles. The Morgan fingerprint density at radius 1 is 1.04 bits per heavy atom. The fourth-order valence-corrected chi connectivity index (χ4v) is 3.62. The average Bonchev–Trinajstić information content (AvgIpc) is 3.31. The molecule has 1 aromatic carbocycles. The van der Waals surface area contributed by atoms with Crippen LogP contribution >= 0.6 is 0 Å². The fraction of sp³-hybridized carbons (Fsp3) is 0.333. The van der Waals surface area contributed by atoms with Crippen molar-refractivity contribution in [3.63, 3.8) is 0 Å². The summed E-state index contributed by atoms with van der Waals surface area (Å²) in [5, 5.41) is 0. The molecule has 0 N–H and O–H groups in total. The molecule has 1 aliphatic heterocycles. The molecule has 0 bridgehead atoms. The lowest BCUT2D eigenvalue weighted by atomic mass is 9.95. The van der Waals surface area contributed by atoms with E-state index in [0.717, 1.165) is 31.0 Å². The minimum atomic E-state index is 0.300. The molecule has 0 unspecified atom stereocenters. The van der Waals surface area contributed by atoms with Crippen molar-refractivity contribution in [2.75, 3.05) is 32.2 Å². The second-order valence-corrected chi connectivity index (χ2v) is 7.02. The first kappa shape index (κ1) is 16.8. The maximum absolute atomic E-state index is 5.84. The van der Waals surface area contributed by atoms with Crippen LogP contribution in [-0.2, 0) is 11.2 Å². The van der Waals surface area contributed by atoms with Crippen LogP contribution in [0.5, 0.6) is 0 Å². The second kappa shape index (κ2) is 7.30. The zero-order valence-electron chi connectivity index (χ0n) is 15.2. The topological polar surface area (TPSA) is 43.2 Å². The number of hydrogen-bond acceptors (Lipinski definition) is 4. The van der Waals surface area contributed by atoms with Crippen LogP contribution in [0.15, 0.2) is 61.2 Å². The molecule has 134 valence electrons. The highest BCUT2D eigenvalue weighted by Gasteiger charge is 2.31. The number of nitrogens with zero attached hydrogens (tertiary/aromatic N) is 4. The van der Waals surface area contributed by atoms with Crippen LogP contribution in [0.3, 0.4) is 0 Å². The van der Waals surface area contributed by atoms with Gasteiger partial charge in [-0.3, -0.25) is 4.98 Å². The highest BCUT2D eigenvalue weighted by atomic mass is 16.5. The summed E-state index contributed by atoms with van der Waals surface area (Å²) in [6, 6.07) is 13.0. The van der Waals surface area contributed by atoms with Crippen LogP contribution < -0.4 is 4.90 Å². The molecular weight excluding hydrogens is 324 g/mol. The first-order valence-electron chi connectivity index (χ1n) is 8.99. The Bertz CT molecular complexity index is 842. The van der Waals surface area contributed by atoms with E-state index >= 15 is 0 Å². The molecule has 3 heterocycles. The van der Waals surface area contributed by atoms with E-state index in [1.165, 1.54) is 11.3 Å². The van der Waals surface area contributed by atoms with Gasteiger partial charge in [0.2, 0.25) is 0 Å². The average molecular weight is 348 g/mol. The largest absolute Gasteiger partial charge is 0.379 e. The molecule has 26 heavy (non-hydrogen) atoms. The lowest BCUT2D eigenvalue weighted by Gasteiger charge is -2.21. The van der Waals surface area contributed by atoms with Crippen LogP contribution in [0.4, 0.5) is 5.69 Å². The van der Waals surface area contributed by atoms with E-state index in [-0.39, 0.29) is 0 Å². The number of aromatic nitrogens is 3. The van der Waals surface area contributed by atoms with Gasteiger partial charge in [0.05, 0.1) is 19.3 Å². The normalized spacial score (nSPS) is 19.6. The van der Waals surface area contributed by atoms with E-state index in [1.54, 1.807) is 0 Å². The van der Waals surface area contributed by atoms with Gasteiger partial charge < -0.3 is 14.2 Å². The Hall–Kier alpha value is -2.66. The number of anilines is 1. The number of pyridine rings is 1. The van der Waals surface area contributed by atoms with E-state index in [2.05, 4.69) is 76.1 Å². The Labute approximate surface area is 154 Å². The predicted octanol–water partition coefficient (Wildman–Crippen LogP) is 3.44. The Morgan fingerprint density at radius 2 is 1.81 bits per heavy atom. The molecule has 4 rings (SSSR count). The van der Waals surface area contributed by atoms with Gasteiger partial charge in [0.1, 0.15) is 5.82 Å². The van der Waals surface area contributed by atoms with Crippen LogP contribution in [0.2, 0.25) is 0 Å². The summed E-state index contributed by atoms with van der Waals surface area (Å²) in [6.07, 6.45) is 8.67. The number of benzene rings is 1. The SMILES string of the molecule is CN(C)c1ccc(-c2nccn2[C@@H]2COC[C@@H]2Cc2ccncc2)cc1. The molecule has 3 aromatic rings. The van der Waals surface area contributed by atoms with Crippen molar-refractivity contribution in [1.82, 2.24) is 14.5 Å². The zero-order chi connectivity index (χ0) is 17.9. The number of ether oxygens (including phenoxy) is 1. The standard InChI is InChI=1S/C21H24N4O/c1-24(2)19-5-3-17(4-6-19)21-23-11-12-25(21)20-15-26-14-18(20)13-16-7-9-22-10-8-16/h3-12,18,20H,13-15H2,1-2H3/t18-,20+/m0/s1. The maximum atomic E-state index is 5.84. The molecular formula is C21H24N4O. The van der Waals surface area contributed by atoms with E-state index in [9.17, 15) is 0 Å². The molecule has 0 radical (unpaired) electrons. The third-order valence-electron chi connectivity index (χ3n) is 5.08. The number of imidazole rings is 1. The minimum absolute atomic E-state index is 0.300. The van der Waals surface area contributed by atoms with E-state index in [1.807, 2.05) is 18.6 Å². The predicted molar refractivity (Wildman–Crippen MR) is 103 cm³/mol. The quantitative estimate of drug-likeness (QED) is 0.708. The van der Waals surface area contributed by atoms with Crippen molar-refractivity contribution < 1.29 is 4.74 Å². The van der Waals surface area contributed by atoms with E-state index in [4.69, 9.17) is 4.74 Å². The summed E-state index contributed by atoms with van der Waals surface area (Å²) >= 11 is 0. The molecule has 0 aliphatic carbocycles. The molecule has 2 aromatic heterocycles. The highest BCUT2D eigenvalue weighted by molar-refractivity contribution is 5.60. The van der Waals surface area contributed by atoms with Crippen LogP contribution in [0.1, 0.15) is 11.6 Å². The first-order valence-corrected chi connectivity index (χ1v) is 8.99. The summed E-state index contributed by atoms with van der Waals surface area (Å²) in [4.78, 5) is 10.8. The molecule has 0 saturated carbocycles. The molecule has 5 nitrogen and oxygen atoms in total. The van der Waals surface area contributed by atoms with Crippen LogP contribution in [0.25, 0.3) is 11.4 Å². The smallest absolute Gasteiger partial charge is 0.140 e. The Morgan fingerprint density at radius 3 is 2.54 bits per heavy atom. The molecule has 5 heteroatoms. The van der Waals surface area contributed by atoms with Crippen molar-refractivity contribution in [3.8, 4) is 11.4 Å². The maximum Gasteiger partial charge on any atom is 0.140 e. The summed E-state index contributed by atoms with van der Waals surface area (Å²) in [5.74, 6) is 1.44. The van der Waals surface area contributed by atoms with Crippen molar-refractivity contribution in [1.29, 1.82) is 0 Å². The van der Waals surface area contributed by atoms with Gasteiger partial charge in [0, 0.05) is 56.1 Å². The van der Waals surface area contributed by atoms with Gasteiger partial charge in [-0.2, -0.15) is 0 Å². The summed E-state index contributed by atoms with van der Waals surface area (Å²) in [6.45, 7) is 1.51. The van der Waals surface area contributed by atoms with Crippen molar-refractivity contribution in [2.45, 2.75) is 12.5 Å². The van der Waals surface area contributed by atoms with Crippen molar-refractivity contribution in [3.05, 3.63) is 66.7 Å². The van der Waals surface area contributed by atoms with Gasteiger partial charge in [-0.15, -0.1) is 0 Å². The zero-order valence-corrected chi connectivity index (χ0v) is 15.2. The van der Waals surface area contributed by atoms with Crippen LogP contribution in [-0.4, -0.2) is 41.8 Å². The molecule has 1 fully saturated rings. The summed E-state index contributed by atoms with van der Waals surface area (Å²) < 4.78 is 8.12. The van der Waals surface area contributed by atoms with Crippen molar-refractivity contribution in [2.24, 2.45) is 5.92 Å². The van der Waals surface area contributed by atoms with Crippen LogP contribution in [0, 0.1) is 5.92 Å².